The fourth-order valence-corrected chi connectivity index (χ4v) is 4.22. The molecule has 0 bridgehead atoms. The number of aromatic nitrogens is 2. The van der Waals surface area contributed by atoms with Gasteiger partial charge in [-0.1, -0.05) is 19.3 Å². The number of piperidine rings is 1. The van der Waals surface area contributed by atoms with E-state index < -0.39 is 0 Å². The van der Waals surface area contributed by atoms with Gasteiger partial charge in [0.05, 0.1) is 0 Å². The summed E-state index contributed by atoms with van der Waals surface area (Å²) in [6.07, 6.45) is 13.2. The van der Waals surface area contributed by atoms with Crippen LogP contribution in [0.25, 0.3) is 6.08 Å². The third-order valence-corrected chi connectivity index (χ3v) is 5.41. The molecule has 1 aliphatic carbocycles. The normalized spacial score (nSPS) is 21.6. The Morgan fingerprint density at radius 3 is 2.43 bits per heavy atom. The first-order valence-corrected chi connectivity index (χ1v) is 9.01. The molecule has 1 saturated carbocycles. The molecule has 1 aromatic rings. The lowest BCUT2D eigenvalue weighted by atomic mass is 9.87. The Morgan fingerprint density at radius 1 is 1.00 bits per heavy atom. The summed E-state index contributed by atoms with van der Waals surface area (Å²) in [5.74, 6) is 2.84. The molecule has 0 spiro atoms. The first-order valence-electron chi connectivity index (χ1n) is 9.01. The molecule has 0 unspecified atom stereocenters. The molecular formula is C18H27ClN4. The zero-order valence-electron chi connectivity index (χ0n) is 14.0. The summed E-state index contributed by atoms with van der Waals surface area (Å²) in [7, 11) is 0. The lowest BCUT2D eigenvalue weighted by Gasteiger charge is -2.28. The van der Waals surface area contributed by atoms with Gasteiger partial charge in [0, 0.05) is 25.1 Å². The molecule has 2 fully saturated rings. The maximum absolute atomic E-state index is 4.80. The molecule has 0 radical (unpaired) electrons. The van der Waals surface area contributed by atoms with Crippen LogP contribution in [0.5, 0.6) is 0 Å². The second-order valence-electron chi connectivity index (χ2n) is 7.06. The van der Waals surface area contributed by atoms with Gasteiger partial charge in [-0.3, -0.25) is 5.32 Å². The summed E-state index contributed by atoms with van der Waals surface area (Å²) >= 11 is 0. The fraction of sp³-hybridized carbons (Fsp3) is 0.667. The van der Waals surface area contributed by atoms with Crippen LogP contribution in [0.15, 0.2) is 5.70 Å². The average Bonchev–Trinajstić information content (AvgIpc) is 2.99. The monoisotopic (exact) mass is 334 g/mol. The van der Waals surface area contributed by atoms with E-state index in [-0.39, 0.29) is 12.4 Å². The molecule has 2 N–H and O–H groups in total. The van der Waals surface area contributed by atoms with Gasteiger partial charge in [0.2, 0.25) is 5.69 Å². The summed E-state index contributed by atoms with van der Waals surface area (Å²) in [6.45, 7) is 4.32. The highest BCUT2D eigenvalue weighted by molar-refractivity contribution is 5.72. The number of fused-ring (bicyclic) bond motifs is 1. The second-order valence-corrected chi connectivity index (χ2v) is 7.06. The third kappa shape index (κ3) is 3.38. The van der Waals surface area contributed by atoms with Gasteiger partial charge in [-0.25, -0.2) is 9.97 Å². The zero-order chi connectivity index (χ0) is 14.9. The van der Waals surface area contributed by atoms with E-state index >= 15 is 0 Å². The van der Waals surface area contributed by atoms with Crippen molar-refractivity contribution < 1.29 is 17.7 Å². The van der Waals surface area contributed by atoms with Crippen LogP contribution in [0.4, 0.5) is 11.5 Å². The van der Waals surface area contributed by atoms with Crippen LogP contribution in [-0.2, 0) is 0 Å². The number of nitrogens with zero attached hydrogens (tertiary/aromatic N) is 3. The highest BCUT2D eigenvalue weighted by Crippen LogP contribution is 2.34. The number of hydrogen-bond donors (Lipinski definition) is 1. The molecule has 0 aromatic carbocycles. The van der Waals surface area contributed by atoms with E-state index in [1.165, 1.54) is 68.6 Å². The van der Waals surface area contributed by atoms with Crippen LogP contribution in [0.2, 0.25) is 0 Å². The molecule has 0 amide bonds. The Morgan fingerprint density at radius 2 is 1.70 bits per heavy atom. The molecule has 3 aliphatic rings. The first kappa shape index (κ1) is 16.7. The summed E-state index contributed by atoms with van der Waals surface area (Å²) in [4.78, 5) is 12.0. The van der Waals surface area contributed by atoms with Crippen molar-refractivity contribution in [3.63, 3.8) is 0 Å². The first-order chi connectivity index (χ1) is 10.8. The van der Waals surface area contributed by atoms with Gasteiger partial charge in [-0.05, 0) is 39.0 Å². The van der Waals surface area contributed by atoms with Gasteiger partial charge in [0.1, 0.15) is 17.2 Å². The molecule has 2 aliphatic heterocycles. The standard InChI is InChI=1S/C18H26N4.ClH/c1-13-19-16-12-15(14-8-4-2-5-9-14)21-17(16)18(20-13)22-10-6-3-7-11-22;/h12,14,21H,2-11H2,1H3;1H. The van der Waals surface area contributed by atoms with Crippen LogP contribution in [0.3, 0.4) is 0 Å². The molecule has 4 rings (SSSR count). The van der Waals surface area contributed by atoms with Gasteiger partial charge < -0.3 is 17.3 Å². The summed E-state index contributed by atoms with van der Waals surface area (Å²) in [5.41, 5.74) is 3.95. The number of anilines is 1. The van der Waals surface area contributed by atoms with Crippen molar-refractivity contribution in [2.75, 3.05) is 18.0 Å². The second kappa shape index (κ2) is 7.18. The molecule has 3 heterocycles. The van der Waals surface area contributed by atoms with Crippen LogP contribution >= 0.6 is 0 Å². The molecule has 5 heteroatoms. The lowest BCUT2D eigenvalue weighted by molar-refractivity contribution is -0.520. The van der Waals surface area contributed by atoms with Crippen molar-refractivity contribution in [2.45, 2.75) is 58.3 Å². The van der Waals surface area contributed by atoms with E-state index in [9.17, 15) is 0 Å². The quantitative estimate of drug-likeness (QED) is 0.822. The number of rotatable bonds is 2. The van der Waals surface area contributed by atoms with E-state index in [4.69, 9.17) is 9.97 Å². The molecule has 23 heavy (non-hydrogen) atoms. The van der Waals surface area contributed by atoms with Gasteiger partial charge >= 0.3 is 0 Å². The van der Waals surface area contributed by atoms with Crippen molar-refractivity contribution in [1.82, 2.24) is 9.97 Å². The molecule has 126 valence electrons. The minimum atomic E-state index is 0. The largest absolute Gasteiger partial charge is 1.00 e. The number of hydrogen-bond acceptors (Lipinski definition) is 3. The Kier molecular flexibility index (Phi) is 5.22. The van der Waals surface area contributed by atoms with E-state index in [2.05, 4.69) is 16.3 Å². The van der Waals surface area contributed by atoms with Crippen LogP contribution in [0.1, 0.15) is 62.9 Å². The third-order valence-electron chi connectivity index (χ3n) is 5.41. The van der Waals surface area contributed by atoms with Crippen LogP contribution < -0.4 is 22.6 Å². The van der Waals surface area contributed by atoms with E-state index in [0.29, 0.717) is 0 Å². The Bertz CT molecular complexity index is 587. The summed E-state index contributed by atoms with van der Waals surface area (Å²) < 4.78 is 0. The predicted molar refractivity (Wildman–Crippen MR) is 89.0 cm³/mol. The van der Waals surface area contributed by atoms with Crippen LogP contribution in [0, 0.1) is 12.8 Å². The molecule has 1 saturated heterocycles. The number of allylic oxidation sites excluding steroid dienone is 1. The van der Waals surface area contributed by atoms with E-state index in [1.807, 2.05) is 6.92 Å². The summed E-state index contributed by atoms with van der Waals surface area (Å²) in [6, 6.07) is 0. The lowest BCUT2D eigenvalue weighted by Crippen LogP contribution is -3.00. The Labute approximate surface area is 145 Å². The SMILES string of the molecule is Cc1nc2c(c(N3CCCCC3)n1)[NH2+]C(C1CCCCC1)=C2.[Cl-]. The zero-order valence-corrected chi connectivity index (χ0v) is 14.8. The van der Waals surface area contributed by atoms with Gasteiger partial charge in [-0.15, -0.1) is 0 Å². The van der Waals surface area contributed by atoms with Gasteiger partial charge in [0.25, 0.3) is 0 Å². The Balaban J connectivity index is 0.00000156. The highest BCUT2D eigenvalue weighted by atomic mass is 35.5. The minimum absolute atomic E-state index is 0. The summed E-state index contributed by atoms with van der Waals surface area (Å²) in [5, 5.41) is 2.40. The predicted octanol–water partition coefficient (Wildman–Crippen LogP) is -0.0910. The number of quaternary nitrogens is 1. The molecule has 0 atom stereocenters. The van der Waals surface area contributed by atoms with E-state index in [0.717, 1.165) is 30.5 Å². The van der Waals surface area contributed by atoms with Crippen molar-refractivity contribution in [2.24, 2.45) is 5.92 Å². The maximum Gasteiger partial charge on any atom is 0.203 e. The fourth-order valence-electron chi connectivity index (χ4n) is 4.22. The maximum atomic E-state index is 4.80. The van der Waals surface area contributed by atoms with Crippen molar-refractivity contribution >= 4 is 17.6 Å². The highest BCUT2D eigenvalue weighted by Gasteiger charge is 2.32. The average molecular weight is 335 g/mol. The topological polar surface area (TPSA) is 45.6 Å². The molecule has 4 nitrogen and oxygen atoms in total. The number of aryl methyl sites for hydroxylation is 1. The van der Waals surface area contributed by atoms with Gasteiger partial charge in [-0.2, -0.15) is 0 Å². The minimum Gasteiger partial charge on any atom is -1.00 e. The van der Waals surface area contributed by atoms with Crippen molar-refractivity contribution in [3.05, 3.63) is 17.2 Å². The van der Waals surface area contributed by atoms with Crippen LogP contribution in [-0.4, -0.2) is 23.1 Å². The molecular weight excluding hydrogens is 308 g/mol. The smallest absolute Gasteiger partial charge is 0.203 e. The van der Waals surface area contributed by atoms with Crippen molar-refractivity contribution in [3.8, 4) is 0 Å². The molecule has 1 aromatic heterocycles. The number of halogens is 1. The van der Waals surface area contributed by atoms with Gasteiger partial charge in [0.15, 0.2) is 5.82 Å². The Hall–Kier alpha value is -1.13. The van der Waals surface area contributed by atoms with E-state index in [1.54, 1.807) is 0 Å². The van der Waals surface area contributed by atoms with Crippen molar-refractivity contribution in [1.29, 1.82) is 0 Å². The number of nitrogens with two attached hydrogens (primary N) is 1.